The molecule has 5 heteroatoms. The molecule has 4 nitrogen and oxygen atoms in total. The molecule has 1 heterocycles. The zero-order valence-electron chi connectivity index (χ0n) is 8.83. The molecule has 0 aliphatic carbocycles. The minimum absolute atomic E-state index is 0.224. The first-order chi connectivity index (χ1) is 7.19. The number of ether oxygens (including phenoxy) is 1. The van der Waals surface area contributed by atoms with Crippen LogP contribution in [0.2, 0.25) is 5.15 Å². The maximum atomic E-state index is 5.85. The molecule has 0 aliphatic heterocycles. The van der Waals surface area contributed by atoms with Crippen LogP contribution in [0.3, 0.4) is 0 Å². The zero-order valence-corrected chi connectivity index (χ0v) is 9.58. The smallest absolute Gasteiger partial charge is 0.198 e. The lowest BCUT2D eigenvalue weighted by Gasteiger charge is -2.14. The van der Waals surface area contributed by atoms with Gasteiger partial charge < -0.3 is 10.1 Å². The van der Waals surface area contributed by atoms with E-state index in [1.54, 1.807) is 0 Å². The largest absolute Gasteiger partial charge is 0.490 e. The lowest BCUT2D eigenvalue weighted by Crippen LogP contribution is -2.15. The van der Waals surface area contributed by atoms with Gasteiger partial charge in [0, 0.05) is 6.04 Å². The first-order valence-corrected chi connectivity index (χ1v) is 4.98. The molecule has 1 rings (SSSR count). The van der Waals surface area contributed by atoms with Crippen LogP contribution in [-0.4, -0.2) is 23.1 Å². The van der Waals surface area contributed by atoms with Gasteiger partial charge in [-0.25, -0.2) is 9.97 Å². The fourth-order valence-corrected chi connectivity index (χ4v) is 1.39. The normalized spacial score (nSPS) is 11.9. The molecular formula is C10H14ClN3O. The molecule has 0 saturated carbocycles. The molecule has 0 radical (unpaired) electrons. The Kier molecular flexibility index (Phi) is 4.37. The van der Waals surface area contributed by atoms with E-state index in [2.05, 4.69) is 21.9 Å². The number of methoxy groups -OCH3 is 1. The van der Waals surface area contributed by atoms with Gasteiger partial charge in [-0.2, -0.15) is 0 Å². The molecule has 0 aromatic carbocycles. The molecule has 0 spiro atoms. The molecule has 0 aliphatic rings. The number of nitrogens with one attached hydrogen (secondary N) is 1. The molecule has 0 fully saturated rings. The topological polar surface area (TPSA) is 47.0 Å². The number of hydrogen-bond donors (Lipinski definition) is 1. The Morgan fingerprint density at radius 1 is 1.67 bits per heavy atom. The van der Waals surface area contributed by atoms with Gasteiger partial charge in [0.05, 0.1) is 7.11 Å². The van der Waals surface area contributed by atoms with E-state index >= 15 is 0 Å². The van der Waals surface area contributed by atoms with Crippen LogP contribution in [0.15, 0.2) is 19.0 Å². The third-order valence-electron chi connectivity index (χ3n) is 1.87. The minimum atomic E-state index is 0.224. The second-order valence-electron chi connectivity index (χ2n) is 3.12. The van der Waals surface area contributed by atoms with Crippen molar-refractivity contribution < 1.29 is 4.74 Å². The minimum Gasteiger partial charge on any atom is -0.490 e. The van der Waals surface area contributed by atoms with Gasteiger partial charge in [0.15, 0.2) is 16.7 Å². The Labute approximate surface area is 94.3 Å². The first kappa shape index (κ1) is 11.8. The maximum absolute atomic E-state index is 5.85. The van der Waals surface area contributed by atoms with E-state index in [4.69, 9.17) is 16.3 Å². The summed E-state index contributed by atoms with van der Waals surface area (Å²) in [6.07, 6.45) is 4.07. The summed E-state index contributed by atoms with van der Waals surface area (Å²) in [5.74, 6) is 1.07. The van der Waals surface area contributed by atoms with Gasteiger partial charge >= 0.3 is 0 Å². The van der Waals surface area contributed by atoms with Crippen LogP contribution < -0.4 is 10.1 Å². The average Bonchev–Trinajstić information content (AvgIpc) is 2.18. The molecule has 1 aromatic heterocycles. The van der Waals surface area contributed by atoms with Crippen molar-refractivity contribution in [2.75, 3.05) is 12.4 Å². The fourth-order valence-electron chi connectivity index (χ4n) is 1.18. The molecule has 1 N–H and O–H groups in total. The number of aromatic nitrogens is 2. The highest BCUT2D eigenvalue weighted by Crippen LogP contribution is 2.28. The van der Waals surface area contributed by atoms with E-state index in [0.717, 1.165) is 6.42 Å². The standard InChI is InChI=1S/C10H14ClN3O/c1-4-5-7(2)14-10-8(15-3)9(11)12-6-13-10/h4,6-7H,1,5H2,2-3H3,(H,12,13,14). The van der Waals surface area contributed by atoms with Crippen LogP contribution in [0.25, 0.3) is 0 Å². The van der Waals surface area contributed by atoms with Crippen LogP contribution in [0.5, 0.6) is 5.75 Å². The summed E-state index contributed by atoms with van der Waals surface area (Å²) in [5, 5.41) is 3.48. The molecule has 82 valence electrons. The van der Waals surface area contributed by atoms with Crippen LogP contribution in [-0.2, 0) is 0 Å². The van der Waals surface area contributed by atoms with E-state index in [9.17, 15) is 0 Å². The second kappa shape index (κ2) is 5.56. The Hall–Kier alpha value is -1.29. The Balaban J connectivity index is 2.84. The van der Waals surface area contributed by atoms with E-state index in [1.165, 1.54) is 13.4 Å². The predicted molar refractivity (Wildman–Crippen MR) is 61.5 cm³/mol. The fraction of sp³-hybridized carbons (Fsp3) is 0.400. The van der Waals surface area contributed by atoms with Gasteiger partial charge in [-0.1, -0.05) is 17.7 Å². The van der Waals surface area contributed by atoms with Crippen LogP contribution in [0.4, 0.5) is 5.82 Å². The molecule has 0 saturated heterocycles. The Bertz CT molecular complexity index is 343. The summed E-state index contributed by atoms with van der Waals surface area (Å²) in [6.45, 7) is 5.70. The zero-order chi connectivity index (χ0) is 11.3. The van der Waals surface area contributed by atoms with Crippen molar-refractivity contribution in [2.45, 2.75) is 19.4 Å². The average molecular weight is 228 g/mol. The number of rotatable bonds is 5. The van der Waals surface area contributed by atoms with E-state index in [0.29, 0.717) is 16.7 Å². The molecule has 15 heavy (non-hydrogen) atoms. The lowest BCUT2D eigenvalue weighted by molar-refractivity contribution is 0.412. The summed E-state index contributed by atoms with van der Waals surface area (Å²) >= 11 is 5.85. The molecule has 0 amide bonds. The lowest BCUT2D eigenvalue weighted by atomic mass is 10.2. The van der Waals surface area contributed by atoms with Crippen molar-refractivity contribution in [2.24, 2.45) is 0 Å². The van der Waals surface area contributed by atoms with Gasteiger partial charge in [0.2, 0.25) is 0 Å². The van der Waals surface area contributed by atoms with Crippen LogP contribution >= 0.6 is 11.6 Å². The van der Waals surface area contributed by atoms with Gasteiger partial charge in [-0.3, -0.25) is 0 Å². The van der Waals surface area contributed by atoms with Crippen molar-refractivity contribution >= 4 is 17.4 Å². The number of hydrogen-bond acceptors (Lipinski definition) is 4. The number of nitrogens with zero attached hydrogens (tertiary/aromatic N) is 2. The maximum Gasteiger partial charge on any atom is 0.198 e. The van der Waals surface area contributed by atoms with Gasteiger partial charge in [0.25, 0.3) is 0 Å². The third-order valence-corrected chi connectivity index (χ3v) is 2.14. The van der Waals surface area contributed by atoms with Gasteiger partial charge in [-0.05, 0) is 13.3 Å². The number of halogens is 1. The Morgan fingerprint density at radius 3 is 3.00 bits per heavy atom. The number of anilines is 1. The van der Waals surface area contributed by atoms with Gasteiger partial charge in [0.1, 0.15) is 6.33 Å². The van der Waals surface area contributed by atoms with Crippen molar-refractivity contribution in [1.82, 2.24) is 9.97 Å². The van der Waals surface area contributed by atoms with E-state index < -0.39 is 0 Å². The summed E-state index contributed by atoms with van der Waals surface area (Å²) in [6, 6.07) is 0.224. The Morgan fingerprint density at radius 2 is 2.40 bits per heavy atom. The molecule has 0 bridgehead atoms. The van der Waals surface area contributed by atoms with Crippen LogP contribution in [0, 0.1) is 0 Å². The van der Waals surface area contributed by atoms with Gasteiger partial charge in [-0.15, -0.1) is 6.58 Å². The van der Waals surface area contributed by atoms with Crippen molar-refractivity contribution in [3.63, 3.8) is 0 Å². The highest BCUT2D eigenvalue weighted by Gasteiger charge is 2.11. The summed E-state index contributed by atoms with van der Waals surface area (Å²) in [7, 11) is 1.54. The SMILES string of the molecule is C=CCC(C)Nc1ncnc(Cl)c1OC. The monoisotopic (exact) mass is 227 g/mol. The quantitative estimate of drug-likeness (QED) is 0.620. The molecule has 1 unspecified atom stereocenters. The van der Waals surface area contributed by atoms with Crippen molar-refractivity contribution in [3.8, 4) is 5.75 Å². The summed E-state index contributed by atoms with van der Waals surface area (Å²) < 4.78 is 5.11. The first-order valence-electron chi connectivity index (χ1n) is 4.61. The van der Waals surface area contributed by atoms with Crippen molar-refractivity contribution in [3.05, 3.63) is 24.1 Å². The second-order valence-corrected chi connectivity index (χ2v) is 3.47. The summed E-state index contributed by atoms with van der Waals surface area (Å²) in [4.78, 5) is 7.90. The molecule has 1 atom stereocenters. The highest BCUT2D eigenvalue weighted by atomic mass is 35.5. The highest BCUT2D eigenvalue weighted by molar-refractivity contribution is 6.31. The third kappa shape index (κ3) is 3.09. The predicted octanol–water partition coefficient (Wildman–Crippen LogP) is 2.52. The molecule has 1 aromatic rings. The van der Waals surface area contributed by atoms with Crippen molar-refractivity contribution in [1.29, 1.82) is 0 Å². The summed E-state index contributed by atoms with van der Waals surface area (Å²) in [5.41, 5.74) is 0. The van der Waals surface area contributed by atoms with Crippen LogP contribution in [0.1, 0.15) is 13.3 Å². The van der Waals surface area contributed by atoms with E-state index in [1.807, 2.05) is 13.0 Å². The van der Waals surface area contributed by atoms with E-state index in [-0.39, 0.29) is 6.04 Å². The molecular weight excluding hydrogens is 214 g/mol.